The minimum absolute atomic E-state index is 0.188. The second-order valence-corrected chi connectivity index (χ2v) is 7.05. The van der Waals surface area contributed by atoms with Crippen molar-refractivity contribution in [2.24, 2.45) is 4.99 Å². The first-order valence-electron chi connectivity index (χ1n) is 10.6. The zero-order valence-electron chi connectivity index (χ0n) is 18.4. The van der Waals surface area contributed by atoms with Crippen molar-refractivity contribution in [3.63, 3.8) is 0 Å². The van der Waals surface area contributed by atoms with Crippen molar-refractivity contribution < 1.29 is 19.4 Å². The number of carbonyl (C=O) groups is 1. The number of aromatic hydroxyl groups is 1. The fourth-order valence-corrected chi connectivity index (χ4v) is 2.97. The fourth-order valence-electron chi connectivity index (χ4n) is 2.97. The molecule has 1 heterocycles. The number of carbonyl (C=O) groups excluding carboxylic acids is 1. The number of nitrogens with one attached hydrogen (secondary N) is 1. The van der Waals surface area contributed by atoms with Gasteiger partial charge in [0.2, 0.25) is 5.88 Å². The van der Waals surface area contributed by atoms with Crippen LogP contribution in [0.25, 0.3) is 5.69 Å². The standard InChI is InChI=1S/C24H25N3O6/c1-3-5-14-33-23(30)16-6-8-17(9-7-16)25-15-20-21(28)26-24(31)27(22(20)29)18-10-12-19(13-11-18)32-4-2/h6-13,15,29H,3-5,14H2,1-2H3,(H,26,28,31). The van der Waals surface area contributed by atoms with Crippen LogP contribution >= 0.6 is 0 Å². The highest BCUT2D eigenvalue weighted by Gasteiger charge is 2.14. The Labute approximate surface area is 190 Å². The number of H-pyrrole nitrogens is 1. The SMILES string of the molecule is CCCCOC(=O)c1ccc(N=Cc2c(O)n(-c3ccc(OCC)cc3)c(=O)[nH]c2=O)cc1. The lowest BCUT2D eigenvalue weighted by molar-refractivity contribution is 0.0500. The third kappa shape index (κ3) is 5.76. The summed E-state index contributed by atoms with van der Waals surface area (Å²) >= 11 is 0. The van der Waals surface area contributed by atoms with Crippen molar-refractivity contribution in [1.29, 1.82) is 0 Å². The number of rotatable bonds is 9. The lowest BCUT2D eigenvalue weighted by Gasteiger charge is -2.10. The molecule has 3 rings (SSSR count). The van der Waals surface area contributed by atoms with Gasteiger partial charge in [0.15, 0.2) is 0 Å². The highest BCUT2D eigenvalue weighted by atomic mass is 16.5. The molecule has 0 aliphatic heterocycles. The van der Waals surface area contributed by atoms with Crippen LogP contribution in [-0.2, 0) is 4.74 Å². The van der Waals surface area contributed by atoms with Gasteiger partial charge in [-0.1, -0.05) is 13.3 Å². The van der Waals surface area contributed by atoms with E-state index in [0.717, 1.165) is 23.6 Å². The molecular weight excluding hydrogens is 426 g/mol. The molecule has 0 saturated carbocycles. The molecule has 1 aromatic heterocycles. The third-order valence-electron chi connectivity index (χ3n) is 4.70. The van der Waals surface area contributed by atoms with Crippen LogP contribution < -0.4 is 16.0 Å². The molecule has 0 unspecified atom stereocenters. The van der Waals surface area contributed by atoms with Crippen LogP contribution in [0.3, 0.4) is 0 Å². The molecule has 0 atom stereocenters. The Morgan fingerprint density at radius 1 is 1.09 bits per heavy atom. The first-order chi connectivity index (χ1) is 15.9. The Kier molecular flexibility index (Phi) is 7.80. The van der Waals surface area contributed by atoms with Gasteiger partial charge in [-0.2, -0.15) is 0 Å². The number of aromatic amines is 1. The average Bonchev–Trinajstić information content (AvgIpc) is 2.80. The van der Waals surface area contributed by atoms with Gasteiger partial charge in [0.1, 0.15) is 11.3 Å². The molecule has 0 spiro atoms. The number of nitrogens with zero attached hydrogens (tertiary/aromatic N) is 2. The molecule has 33 heavy (non-hydrogen) atoms. The van der Waals surface area contributed by atoms with Gasteiger partial charge < -0.3 is 14.6 Å². The van der Waals surface area contributed by atoms with E-state index in [-0.39, 0.29) is 5.56 Å². The summed E-state index contributed by atoms with van der Waals surface area (Å²) in [6.45, 7) is 4.71. The average molecular weight is 451 g/mol. The molecular formula is C24H25N3O6. The molecule has 0 bridgehead atoms. The summed E-state index contributed by atoms with van der Waals surface area (Å²) in [5.74, 6) is -0.360. The van der Waals surface area contributed by atoms with Crippen molar-refractivity contribution in [2.75, 3.05) is 13.2 Å². The molecule has 0 saturated heterocycles. The molecule has 2 aromatic carbocycles. The van der Waals surface area contributed by atoms with E-state index in [2.05, 4.69) is 9.98 Å². The van der Waals surface area contributed by atoms with Crippen LogP contribution in [0.2, 0.25) is 0 Å². The molecule has 9 nitrogen and oxygen atoms in total. The predicted molar refractivity (Wildman–Crippen MR) is 124 cm³/mol. The number of aromatic nitrogens is 2. The predicted octanol–water partition coefficient (Wildman–Crippen LogP) is 3.34. The van der Waals surface area contributed by atoms with Crippen molar-refractivity contribution in [1.82, 2.24) is 9.55 Å². The van der Waals surface area contributed by atoms with Gasteiger partial charge in [-0.3, -0.25) is 14.8 Å². The van der Waals surface area contributed by atoms with Gasteiger partial charge in [0, 0.05) is 6.21 Å². The van der Waals surface area contributed by atoms with E-state index in [1.54, 1.807) is 48.5 Å². The number of ether oxygens (including phenoxy) is 2. The molecule has 2 N–H and O–H groups in total. The van der Waals surface area contributed by atoms with Crippen molar-refractivity contribution in [3.05, 3.63) is 80.5 Å². The highest BCUT2D eigenvalue weighted by Crippen LogP contribution is 2.20. The summed E-state index contributed by atoms with van der Waals surface area (Å²) in [6, 6.07) is 12.8. The molecule has 0 radical (unpaired) electrons. The molecule has 0 fully saturated rings. The maximum Gasteiger partial charge on any atom is 0.338 e. The smallest absolute Gasteiger partial charge is 0.338 e. The number of benzene rings is 2. The molecule has 0 aliphatic carbocycles. The van der Waals surface area contributed by atoms with Crippen molar-refractivity contribution >= 4 is 17.9 Å². The van der Waals surface area contributed by atoms with Gasteiger partial charge in [-0.25, -0.2) is 14.2 Å². The maximum absolute atomic E-state index is 12.3. The zero-order valence-corrected chi connectivity index (χ0v) is 18.4. The van der Waals surface area contributed by atoms with E-state index in [1.807, 2.05) is 13.8 Å². The third-order valence-corrected chi connectivity index (χ3v) is 4.70. The van der Waals surface area contributed by atoms with Gasteiger partial charge in [-0.05, 0) is 61.9 Å². The van der Waals surface area contributed by atoms with Gasteiger partial charge in [-0.15, -0.1) is 0 Å². The van der Waals surface area contributed by atoms with Crippen LogP contribution in [0.1, 0.15) is 42.6 Å². The first-order valence-corrected chi connectivity index (χ1v) is 10.6. The second-order valence-electron chi connectivity index (χ2n) is 7.05. The number of unbranched alkanes of at least 4 members (excludes halogenated alkanes) is 1. The Hall–Kier alpha value is -4.14. The lowest BCUT2D eigenvalue weighted by atomic mass is 10.2. The van der Waals surface area contributed by atoms with Gasteiger partial charge in [0.05, 0.1) is 30.2 Å². The quantitative estimate of drug-likeness (QED) is 0.292. The summed E-state index contributed by atoms with van der Waals surface area (Å²) in [5, 5.41) is 10.6. The Bertz CT molecular complexity index is 1240. The minimum atomic E-state index is -0.787. The van der Waals surface area contributed by atoms with E-state index in [0.29, 0.717) is 35.9 Å². The topological polar surface area (TPSA) is 123 Å². The van der Waals surface area contributed by atoms with Crippen LogP contribution in [0.15, 0.2) is 63.1 Å². The molecule has 172 valence electrons. The molecule has 3 aromatic rings. The van der Waals surface area contributed by atoms with Crippen molar-refractivity contribution in [3.8, 4) is 17.3 Å². The Balaban J connectivity index is 1.85. The summed E-state index contributed by atoms with van der Waals surface area (Å²) in [4.78, 5) is 42.9. The van der Waals surface area contributed by atoms with E-state index in [9.17, 15) is 19.5 Å². The number of hydrogen-bond acceptors (Lipinski definition) is 7. The maximum atomic E-state index is 12.3. The van der Waals surface area contributed by atoms with E-state index in [4.69, 9.17) is 9.47 Å². The number of esters is 1. The highest BCUT2D eigenvalue weighted by molar-refractivity contribution is 5.90. The summed E-state index contributed by atoms with van der Waals surface area (Å²) < 4.78 is 11.5. The summed E-state index contributed by atoms with van der Waals surface area (Å²) in [6.07, 6.45) is 2.89. The Morgan fingerprint density at radius 2 is 1.79 bits per heavy atom. The first kappa shape index (κ1) is 23.5. The summed E-state index contributed by atoms with van der Waals surface area (Å²) in [7, 11) is 0. The van der Waals surface area contributed by atoms with Crippen molar-refractivity contribution in [2.45, 2.75) is 26.7 Å². The van der Waals surface area contributed by atoms with Crippen LogP contribution in [-0.4, -0.2) is 40.1 Å². The summed E-state index contributed by atoms with van der Waals surface area (Å²) in [5.41, 5.74) is -0.582. The zero-order chi connectivity index (χ0) is 23.8. The van der Waals surface area contributed by atoms with Crippen LogP contribution in [0, 0.1) is 0 Å². The fraction of sp³-hybridized carbons (Fsp3) is 0.250. The minimum Gasteiger partial charge on any atom is -0.494 e. The number of aliphatic imine (C=N–C) groups is 1. The largest absolute Gasteiger partial charge is 0.494 e. The molecule has 0 aliphatic rings. The van der Waals surface area contributed by atoms with Crippen LogP contribution in [0.4, 0.5) is 5.69 Å². The monoisotopic (exact) mass is 451 g/mol. The van der Waals surface area contributed by atoms with E-state index >= 15 is 0 Å². The van der Waals surface area contributed by atoms with Gasteiger partial charge >= 0.3 is 11.7 Å². The van der Waals surface area contributed by atoms with E-state index < -0.39 is 23.1 Å². The Morgan fingerprint density at radius 3 is 2.42 bits per heavy atom. The number of hydrogen-bond donors (Lipinski definition) is 2. The van der Waals surface area contributed by atoms with E-state index in [1.165, 1.54) is 0 Å². The van der Waals surface area contributed by atoms with Gasteiger partial charge in [0.25, 0.3) is 5.56 Å². The second kappa shape index (κ2) is 10.9. The molecule has 9 heteroatoms. The normalized spacial score (nSPS) is 11.0. The van der Waals surface area contributed by atoms with Crippen LogP contribution in [0.5, 0.6) is 11.6 Å². The molecule has 0 amide bonds. The lowest BCUT2D eigenvalue weighted by Crippen LogP contribution is -2.31.